The standard InChI is InChI=1S/C26H21N5O4S/c1-35-24-12-10-18(15-23(24)30-36(33,34)20-8-5-13-28-16-20)17-9-11-22-21(14-17)25(32)31(26(27)29-22)19-6-3-2-4-7-19/h2-16,30H,1H3,(H2,27,29). The van der Waals surface area contributed by atoms with Crippen LogP contribution in [0.15, 0.2) is 101 Å². The minimum Gasteiger partial charge on any atom is -0.495 e. The molecule has 0 unspecified atom stereocenters. The number of sulfonamides is 1. The quantitative estimate of drug-likeness (QED) is 0.363. The van der Waals surface area contributed by atoms with Crippen molar-refractivity contribution in [2.24, 2.45) is 0 Å². The fourth-order valence-corrected chi connectivity index (χ4v) is 4.91. The van der Waals surface area contributed by atoms with Gasteiger partial charge in [-0.25, -0.2) is 18.0 Å². The highest BCUT2D eigenvalue weighted by Crippen LogP contribution is 2.33. The predicted octanol–water partition coefficient (Wildman–Crippen LogP) is 3.84. The molecule has 3 aromatic carbocycles. The van der Waals surface area contributed by atoms with Gasteiger partial charge in [0.05, 0.1) is 29.4 Å². The van der Waals surface area contributed by atoms with Gasteiger partial charge >= 0.3 is 0 Å². The highest BCUT2D eigenvalue weighted by Gasteiger charge is 2.18. The number of benzene rings is 3. The van der Waals surface area contributed by atoms with Crippen molar-refractivity contribution < 1.29 is 13.2 Å². The average molecular weight is 500 g/mol. The number of hydrogen-bond donors (Lipinski definition) is 2. The van der Waals surface area contributed by atoms with E-state index < -0.39 is 10.0 Å². The number of nitrogens with two attached hydrogens (primary N) is 1. The SMILES string of the molecule is COc1ccc(-c2ccc3nc(N)n(-c4ccccc4)c(=O)c3c2)cc1NS(=O)(=O)c1cccnc1. The van der Waals surface area contributed by atoms with Gasteiger partial charge in [0.25, 0.3) is 15.6 Å². The molecular weight excluding hydrogens is 478 g/mol. The van der Waals surface area contributed by atoms with Crippen molar-refractivity contribution in [3.8, 4) is 22.6 Å². The average Bonchev–Trinajstić information content (AvgIpc) is 2.89. The van der Waals surface area contributed by atoms with E-state index in [9.17, 15) is 13.2 Å². The molecule has 5 aromatic rings. The highest BCUT2D eigenvalue weighted by atomic mass is 32.2. The maximum absolute atomic E-state index is 13.4. The number of hydrogen-bond acceptors (Lipinski definition) is 7. The lowest BCUT2D eigenvalue weighted by atomic mass is 10.0. The van der Waals surface area contributed by atoms with Crippen LogP contribution in [-0.4, -0.2) is 30.1 Å². The molecule has 36 heavy (non-hydrogen) atoms. The van der Waals surface area contributed by atoms with Crippen LogP contribution < -0.4 is 20.8 Å². The highest BCUT2D eigenvalue weighted by molar-refractivity contribution is 7.92. The smallest absolute Gasteiger partial charge is 0.267 e. The molecule has 9 nitrogen and oxygen atoms in total. The second kappa shape index (κ2) is 9.16. The van der Waals surface area contributed by atoms with Crippen molar-refractivity contribution in [3.63, 3.8) is 0 Å². The summed E-state index contributed by atoms with van der Waals surface area (Å²) in [6, 6.07) is 22.3. The molecule has 0 aliphatic carbocycles. The Balaban J connectivity index is 1.60. The van der Waals surface area contributed by atoms with Crippen LogP contribution in [0.3, 0.4) is 0 Å². The van der Waals surface area contributed by atoms with Crippen molar-refractivity contribution in [2.45, 2.75) is 4.90 Å². The van der Waals surface area contributed by atoms with Crippen molar-refractivity contribution in [1.29, 1.82) is 0 Å². The monoisotopic (exact) mass is 499 g/mol. The van der Waals surface area contributed by atoms with Gasteiger partial charge in [0.2, 0.25) is 5.95 Å². The van der Waals surface area contributed by atoms with Gasteiger partial charge in [-0.2, -0.15) is 0 Å². The Morgan fingerprint density at radius 2 is 1.69 bits per heavy atom. The molecule has 10 heteroatoms. The van der Waals surface area contributed by atoms with E-state index in [0.29, 0.717) is 33.5 Å². The third kappa shape index (κ3) is 4.25. The summed E-state index contributed by atoms with van der Waals surface area (Å²) in [5.74, 6) is 0.427. The lowest BCUT2D eigenvalue weighted by Crippen LogP contribution is -2.23. The summed E-state index contributed by atoms with van der Waals surface area (Å²) >= 11 is 0. The van der Waals surface area contributed by atoms with E-state index in [1.807, 2.05) is 18.2 Å². The first kappa shape index (κ1) is 23.1. The molecule has 0 atom stereocenters. The normalized spacial score (nSPS) is 11.4. The van der Waals surface area contributed by atoms with Crippen LogP contribution in [0.1, 0.15) is 0 Å². The fourth-order valence-electron chi connectivity index (χ4n) is 3.89. The summed E-state index contributed by atoms with van der Waals surface area (Å²) in [7, 11) is -2.44. The van der Waals surface area contributed by atoms with Crippen LogP contribution in [0.2, 0.25) is 0 Å². The maximum atomic E-state index is 13.4. The Bertz CT molecular complexity index is 1740. The van der Waals surface area contributed by atoms with Crippen molar-refractivity contribution in [2.75, 3.05) is 17.6 Å². The zero-order valence-corrected chi connectivity index (χ0v) is 19.9. The van der Waals surface area contributed by atoms with Crippen LogP contribution in [0.4, 0.5) is 11.6 Å². The summed E-state index contributed by atoms with van der Waals surface area (Å²) in [6.45, 7) is 0. The van der Waals surface area contributed by atoms with Gasteiger partial charge in [0, 0.05) is 12.4 Å². The Morgan fingerprint density at radius 1 is 0.944 bits per heavy atom. The maximum Gasteiger partial charge on any atom is 0.267 e. The number of aromatic nitrogens is 3. The molecule has 0 saturated carbocycles. The summed E-state index contributed by atoms with van der Waals surface area (Å²) in [6.07, 6.45) is 2.76. The Labute approximate surface area is 206 Å². The fraction of sp³-hybridized carbons (Fsp3) is 0.0385. The molecular formula is C26H21N5O4S. The molecule has 5 rings (SSSR count). The number of pyridine rings is 1. The number of nitrogens with one attached hydrogen (secondary N) is 1. The molecule has 3 N–H and O–H groups in total. The number of nitrogen functional groups attached to an aromatic ring is 1. The molecule has 180 valence electrons. The number of anilines is 2. The van der Waals surface area contributed by atoms with Gasteiger partial charge in [0.15, 0.2) is 0 Å². The Kier molecular flexibility index (Phi) is 5.87. The second-order valence-corrected chi connectivity index (χ2v) is 9.57. The Morgan fingerprint density at radius 3 is 2.42 bits per heavy atom. The zero-order valence-electron chi connectivity index (χ0n) is 19.1. The number of ether oxygens (including phenoxy) is 1. The van der Waals surface area contributed by atoms with E-state index >= 15 is 0 Å². The van der Waals surface area contributed by atoms with E-state index in [2.05, 4.69) is 14.7 Å². The van der Waals surface area contributed by atoms with E-state index in [1.165, 1.54) is 30.1 Å². The van der Waals surface area contributed by atoms with E-state index in [1.54, 1.807) is 54.6 Å². The van der Waals surface area contributed by atoms with Gasteiger partial charge in [-0.3, -0.25) is 14.5 Å². The van der Waals surface area contributed by atoms with Crippen molar-refractivity contribution in [1.82, 2.24) is 14.5 Å². The minimum absolute atomic E-state index is 0.0216. The number of nitrogens with zero attached hydrogens (tertiary/aromatic N) is 3. The molecule has 0 amide bonds. The zero-order chi connectivity index (χ0) is 25.3. The minimum atomic E-state index is -3.90. The molecule has 2 heterocycles. The van der Waals surface area contributed by atoms with Crippen molar-refractivity contribution in [3.05, 3.63) is 102 Å². The first-order valence-electron chi connectivity index (χ1n) is 10.9. The van der Waals surface area contributed by atoms with Gasteiger partial charge in [-0.1, -0.05) is 30.3 Å². The van der Waals surface area contributed by atoms with Crippen LogP contribution >= 0.6 is 0 Å². The third-order valence-electron chi connectivity index (χ3n) is 5.63. The van der Waals surface area contributed by atoms with Crippen LogP contribution in [-0.2, 0) is 10.0 Å². The first-order valence-corrected chi connectivity index (χ1v) is 12.3. The Hall–Kier alpha value is -4.70. The van der Waals surface area contributed by atoms with Gasteiger partial charge in [0.1, 0.15) is 10.6 Å². The molecule has 2 aromatic heterocycles. The largest absolute Gasteiger partial charge is 0.495 e. The van der Waals surface area contributed by atoms with Crippen LogP contribution in [0, 0.1) is 0 Å². The topological polar surface area (TPSA) is 129 Å². The summed E-state index contributed by atoms with van der Waals surface area (Å²) in [5, 5.41) is 0.374. The summed E-state index contributed by atoms with van der Waals surface area (Å²) < 4.78 is 35.0. The van der Waals surface area contributed by atoms with E-state index in [0.717, 1.165) is 0 Å². The summed E-state index contributed by atoms with van der Waals surface area (Å²) in [5.41, 5.74) is 8.46. The van der Waals surface area contributed by atoms with Gasteiger partial charge in [-0.05, 0) is 59.7 Å². The number of fused-ring (bicyclic) bond motifs is 1. The van der Waals surface area contributed by atoms with Crippen LogP contribution in [0.5, 0.6) is 5.75 Å². The number of methoxy groups -OCH3 is 1. The number of para-hydroxylation sites is 1. The molecule has 0 radical (unpaired) electrons. The lowest BCUT2D eigenvalue weighted by molar-refractivity contribution is 0.417. The summed E-state index contributed by atoms with van der Waals surface area (Å²) in [4.78, 5) is 21.7. The molecule has 0 bridgehead atoms. The van der Waals surface area contributed by atoms with Gasteiger partial charge < -0.3 is 10.5 Å². The lowest BCUT2D eigenvalue weighted by Gasteiger charge is -2.14. The molecule has 0 aliphatic heterocycles. The van der Waals surface area contributed by atoms with E-state index in [4.69, 9.17) is 10.5 Å². The first-order chi connectivity index (χ1) is 17.4. The molecule has 0 aliphatic rings. The molecule has 0 fully saturated rings. The second-order valence-electron chi connectivity index (χ2n) is 7.89. The van der Waals surface area contributed by atoms with Gasteiger partial charge in [-0.15, -0.1) is 0 Å². The number of rotatable bonds is 6. The van der Waals surface area contributed by atoms with Crippen molar-refractivity contribution >= 4 is 32.6 Å². The van der Waals surface area contributed by atoms with Crippen LogP contribution in [0.25, 0.3) is 27.7 Å². The predicted molar refractivity (Wildman–Crippen MR) is 139 cm³/mol. The molecule has 0 spiro atoms. The van der Waals surface area contributed by atoms with E-state index in [-0.39, 0.29) is 22.1 Å². The molecule has 0 saturated heterocycles. The third-order valence-corrected chi connectivity index (χ3v) is 6.98.